The average Bonchev–Trinajstić information content (AvgIpc) is 2.37. The first-order valence-corrected chi connectivity index (χ1v) is 6.27. The first kappa shape index (κ1) is 13.8. The zero-order valence-electron chi connectivity index (χ0n) is 9.95. The third-order valence-corrected chi connectivity index (χ3v) is 3.33. The maximum absolute atomic E-state index is 11.9. The number of halogens is 3. The van der Waals surface area contributed by atoms with Crippen molar-refractivity contribution in [3.8, 4) is 0 Å². The van der Waals surface area contributed by atoms with E-state index in [1.54, 1.807) is 0 Å². The minimum absolute atomic E-state index is 0.204. The van der Waals surface area contributed by atoms with Crippen LogP contribution in [-0.2, 0) is 0 Å². The lowest BCUT2D eigenvalue weighted by atomic mass is 10.0. The van der Waals surface area contributed by atoms with Gasteiger partial charge in [-0.15, -0.1) is 0 Å². The van der Waals surface area contributed by atoms with E-state index in [9.17, 15) is 13.2 Å². The smallest absolute Gasteiger partial charge is 0.314 e. The van der Waals surface area contributed by atoms with Crippen LogP contribution in [0.1, 0.15) is 51.9 Å². The van der Waals surface area contributed by atoms with Gasteiger partial charge in [-0.1, -0.05) is 19.8 Å². The molecule has 1 aliphatic rings. The quantitative estimate of drug-likeness (QED) is 0.578. The number of hydrogen-bond donors (Lipinski definition) is 1. The van der Waals surface area contributed by atoms with Crippen LogP contribution < -0.4 is 5.32 Å². The molecule has 0 amide bonds. The third-order valence-electron chi connectivity index (χ3n) is 3.33. The highest BCUT2D eigenvalue weighted by Crippen LogP contribution is 2.23. The van der Waals surface area contributed by atoms with Crippen LogP contribution in [0.15, 0.2) is 0 Å². The van der Waals surface area contributed by atoms with Gasteiger partial charge in [-0.3, -0.25) is 0 Å². The summed E-state index contributed by atoms with van der Waals surface area (Å²) in [7, 11) is 0. The van der Waals surface area contributed by atoms with Crippen LogP contribution in [-0.4, -0.2) is 18.8 Å². The molecule has 0 aromatic heterocycles. The molecule has 0 saturated heterocycles. The van der Waals surface area contributed by atoms with Crippen LogP contribution in [0.5, 0.6) is 0 Å². The highest BCUT2D eigenvalue weighted by atomic mass is 19.4. The summed E-state index contributed by atoms with van der Waals surface area (Å²) < 4.78 is 35.7. The third kappa shape index (κ3) is 6.36. The lowest BCUT2D eigenvalue weighted by molar-refractivity contribution is -0.135. The zero-order valence-corrected chi connectivity index (χ0v) is 9.95. The van der Waals surface area contributed by atoms with E-state index < -0.39 is 12.6 Å². The Balaban J connectivity index is 2.08. The van der Waals surface area contributed by atoms with Crippen LogP contribution in [0.4, 0.5) is 13.2 Å². The second-order valence-electron chi connectivity index (χ2n) is 4.98. The summed E-state index contributed by atoms with van der Waals surface area (Å²) in [5, 5.41) is 3.25. The molecule has 0 aliphatic heterocycles. The van der Waals surface area contributed by atoms with E-state index in [0.29, 0.717) is 12.6 Å². The largest absolute Gasteiger partial charge is 0.389 e. The summed E-state index contributed by atoms with van der Waals surface area (Å²) in [6, 6.07) is 0.443. The van der Waals surface area contributed by atoms with Gasteiger partial charge in [0.1, 0.15) is 0 Å². The SMILES string of the molecule is CC1CCCC(NCCCC(F)(F)F)CC1. The molecule has 1 aliphatic carbocycles. The molecule has 1 N–H and O–H groups in total. The van der Waals surface area contributed by atoms with Gasteiger partial charge in [0.25, 0.3) is 0 Å². The van der Waals surface area contributed by atoms with Gasteiger partial charge >= 0.3 is 6.18 Å². The average molecular weight is 237 g/mol. The van der Waals surface area contributed by atoms with Gasteiger partial charge < -0.3 is 5.32 Å². The fraction of sp³-hybridized carbons (Fsp3) is 1.00. The lowest BCUT2D eigenvalue weighted by Crippen LogP contribution is -2.30. The molecule has 1 rings (SSSR count). The van der Waals surface area contributed by atoms with Crippen LogP contribution in [0.3, 0.4) is 0 Å². The van der Waals surface area contributed by atoms with Gasteiger partial charge in [0.15, 0.2) is 0 Å². The monoisotopic (exact) mass is 237 g/mol. The van der Waals surface area contributed by atoms with Gasteiger partial charge in [0, 0.05) is 12.5 Å². The van der Waals surface area contributed by atoms with Gasteiger partial charge in [0.2, 0.25) is 0 Å². The van der Waals surface area contributed by atoms with Gasteiger partial charge in [-0.2, -0.15) is 13.2 Å². The number of hydrogen-bond acceptors (Lipinski definition) is 1. The van der Waals surface area contributed by atoms with E-state index in [1.807, 2.05) is 0 Å². The van der Waals surface area contributed by atoms with E-state index in [0.717, 1.165) is 18.8 Å². The highest BCUT2D eigenvalue weighted by Gasteiger charge is 2.26. The molecule has 0 radical (unpaired) electrons. The Morgan fingerprint density at radius 3 is 2.56 bits per heavy atom. The molecular weight excluding hydrogens is 215 g/mol. The number of rotatable bonds is 4. The fourth-order valence-corrected chi connectivity index (χ4v) is 2.29. The predicted octanol–water partition coefficient (Wildman–Crippen LogP) is 3.89. The van der Waals surface area contributed by atoms with Crippen molar-refractivity contribution in [1.29, 1.82) is 0 Å². The van der Waals surface area contributed by atoms with E-state index in [4.69, 9.17) is 0 Å². The Hall–Kier alpha value is -0.250. The Morgan fingerprint density at radius 2 is 1.88 bits per heavy atom. The zero-order chi connectivity index (χ0) is 12.0. The topological polar surface area (TPSA) is 12.0 Å². The Labute approximate surface area is 95.8 Å². The minimum Gasteiger partial charge on any atom is -0.314 e. The number of alkyl halides is 3. The molecular formula is C12H22F3N. The molecule has 96 valence electrons. The molecule has 1 saturated carbocycles. The Morgan fingerprint density at radius 1 is 1.12 bits per heavy atom. The van der Waals surface area contributed by atoms with Crippen molar-refractivity contribution in [2.45, 2.75) is 64.1 Å². The molecule has 2 atom stereocenters. The van der Waals surface area contributed by atoms with E-state index >= 15 is 0 Å². The number of nitrogens with one attached hydrogen (secondary N) is 1. The Bertz CT molecular complexity index is 191. The summed E-state index contributed by atoms with van der Waals surface area (Å²) in [5.41, 5.74) is 0. The maximum atomic E-state index is 11.9. The van der Waals surface area contributed by atoms with Crippen molar-refractivity contribution < 1.29 is 13.2 Å². The van der Waals surface area contributed by atoms with Crippen molar-refractivity contribution in [2.75, 3.05) is 6.54 Å². The maximum Gasteiger partial charge on any atom is 0.389 e. The van der Waals surface area contributed by atoms with Crippen molar-refractivity contribution in [3.05, 3.63) is 0 Å². The van der Waals surface area contributed by atoms with E-state index in [2.05, 4.69) is 12.2 Å². The van der Waals surface area contributed by atoms with Crippen molar-refractivity contribution in [3.63, 3.8) is 0 Å². The molecule has 0 spiro atoms. The normalized spacial score (nSPS) is 27.8. The molecule has 0 heterocycles. The van der Waals surface area contributed by atoms with Crippen molar-refractivity contribution in [2.24, 2.45) is 5.92 Å². The highest BCUT2D eigenvalue weighted by molar-refractivity contribution is 4.73. The fourth-order valence-electron chi connectivity index (χ4n) is 2.29. The van der Waals surface area contributed by atoms with Gasteiger partial charge in [-0.05, 0) is 38.1 Å². The molecule has 16 heavy (non-hydrogen) atoms. The van der Waals surface area contributed by atoms with Crippen LogP contribution >= 0.6 is 0 Å². The molecule has 2 unspecified atom stereocenters. The molecule has 1 nitrogen and oxygen atoms in total. The van der Waals surface area contributed by atoms with Crippen molar-refractivity contribution >= 4 is 0 Å². The molecule has 0 bridgehead atoms. The first-order chi connectivity index (χ1) is 7.47. The van der Waals surface area contributed by atoms with Crippen molar-refractivity contribution in [1.82, 2.24) is 5.32 Å². The van der Waals surface area contributed by atoms with E-state index in [1.165, 1.54) is 19.3 Å². The Kier molecular flexibility index (Phi) is 5.59. The molecule has 0 aromatic rings. The molecule has 4 heteroatoms. The summed E-state index contributed by atoms with van der Waals surface area (Å²) in [6.45, 7) is 2.75. The second-order valence-corrected chi connectivity index (χ2v) is 4.98. The van der Waals surface area contributed by atoms with Gasteiger partial charge in [0.05, 0.1) is 0 Å². The van der Waals surface area contributed by atoms with E-state index in [-0.39, 0.29) is 6.42 Å². The van der Waals surface area contributed by atoms with Crippen LogP contribution in [0.25, 0.3) is 0 Å². The van der Waals surface area contributed by atoms with Crippen LogP contribution in [0.2, 0.25) is 0 Å². The summed E-state index contributed by atoms with van der Waals surface area (Å²) in [6.07, 6.45) is 1.46. The summed E-state index contributed by atoms with van der Waals surface area (Å²) >= 11 is 0. The molecule has 0 aromatic carbocycles. The summed E-state index contributed by atoms with van der Waals surface area (Å²) in [5.74, 6) is 0.780. The summed E-state index contributed by atoms with van der Waals surface area (Å²) in [4.78, 5) is 0. The molecule has 1 fully saturated rings. The second kappa shape index (κ2) is 6.48. The van der Waals surface area contributed by atoms with Crippen LogP contribution in [0, 0.1) is 5.92 Å². The minimum atomic E-state index is -4.00. The standard InChI is InChI=1S/C12H22F3N/c1-10-4-2-5-11(7-6-10)16-9-3-8-12(13,14)15/h10-11,16H,2-9H2,1H3. The first-order valence-electron chi connectivity index (χ1n) is 6.27. The predicted molar refractivity (Wildman–Crippen MR) is 59.3 cm³/mol. The van der Waals surface area contributed by atoms with Gasteiger partial charge in [-0.25, -0.2) is 0 Å². The lowest BCUT2D eigenvalue weighted by Gasteiger charge is -2.16.